The lowest BCUT2D eigenvalue weighted by Crippen LogP contribution is -1.98. The average Bonchev–Trinajstić information content (AvgIpc) is 2.37. The van der Waals surface area contributed by atoms with Crippen molar-refractivity contribution < 1.29 is 4.92 Å². The van der Waals surface area contributed by atoms with Gasteiger partial charge in [-0.25, -0.2) is 0 Å². The summed E-state index contributed by atoms with van der Waals surface area (Å²) in [6.07, 6.45) is 2.61. The second kappa shape index (κ2) is 3.38. The summed E-state index contributed by atoms with van der Waals surface area (Å²) in [6, 6.07) is 0. The van der Waals surface area contributed by atoms with Crippen LogP contribution in [0.3, 0.4) is 0 Å². The van der Waals surface area contributed by atoms with Gasteiger partial charge in [0.25, 0.3) is 0 Å². The van der Waals surface area contributed by atoms with E-state index in [9.17, 15) is 10.1 Å². The van der Waals surface area contributed by atoms with Crippen molar-refractivity contribution in [2.24, 2.45) is 0 Å². The molecular weight excluding hydrogens is 166 g/mol. The molecule has 1 aromatic heterocycles. The molecule has 1 rings (SSSR count). The molecule has 0 aliphatic rings. The normalized spacial score (nSPS) is 9.91. The van der Waals surface area contributed by atoms with Crippen molar-refractivity contribution in [2.75, 3.05) is 5.75 Å². The van der Waals surface area contributed by atoms with Crippen LogP contribution in [0, 0.1) is 10.1 Å². The van der Waals surface area contributed by atoms with Crippen LogP contribution in [0.25, 0.3) is 0 Å². The number of aryl methyl sites for hydroxylation is 1. The molecule has 60 valence electrons. The Balaban J connectivity index is 2.73. The van der Waals surface area contributed by atoms with Gasteiger partial charge in [-0.15, -0.1) is 0 Å². The number of nitrogens with zero attached hydrogens (tertiary/aromatic N) is 3. The first kappa shape index (κ1) is 8.06. The molecule has 0 fully saturated rings. The second-order valence-electron chi connectivity index (χ2n) is 1.94. The Morgan fingerprint density at radius 2 is 2.55 bits per heavy atom. The first-order chi connectivity index (χ1) is 5.24. The highest BCUT2D eigenvalue weighted by Gasteiger charge is 2.07. The van der Waals surface area contributed by atoms with Crippen LogP contribution in [0.2, 0.25) is 0 Å². The van der Waals surface area contributed by atoms with E-state index in [2.05, 4.69) is 17.7 Å². The van der Waals surface area contributed by atoms with E-state index in [4.69, 9.17) is 0 Å². The van der Waals surface area contributed by atoms with Crippen molar-refractivity contribution in [1.29, 1.82) is 0 Å². The van der Waals surface area contributed by atoms with E-state index in [1.54, 1.807) is 0 Å². The van der Waals surface area contributed by atoms with Crippen molar-refractivity contribution in [3.05, 3.63) is 22.5 Å². The fourth-order valence-corrected chi connectivity index (χ4v) is 0.877. The van der Waals surface area contributed by atoms with Gasteiger partial charge >= 0.3 is 5.69 Å². The Hall–Kier alpha value is -1.04. The Morgan fingerprint density at radius 1 is 1.82 bits per heavy atom. The summed E-state index contributed by atoms with van der Waals surface area (Å²) in [5.74, 6) is 0.624. The number of nitro groups is 1. The number of rotatable bonds is 3. The fraction of sp³-hybridized carbons (Fsp3) is 0.400. The van der Waals surface area contributed by atoms with Gasteiger partial charge in [-0.1, -0.05) is 0 Å². The van der Waals surface area contributed by atoms with Crippen molar-refractivity contribution in [3.63, 3.8) is 0 Å². The smallest absolute Gasteiger partial charge is 0.265 e. The molecule has 6 heteroatoms. The predicted octanol–water partition coefficient (Wildman–Crippen LogP) is 0.721. The summed E-state index contributed by atoms with van der Waals surface area (Å²) < 4.78 is 1.49. The Bertz CT molecular complexity index is 260. The van der Waals surface area contributed by atoms with E-state index in [-0.39, 0.29) is 5.69 Å². The molecule has 0 aliphatic carbocycles. The van der Waals surface area contributed by atoms with Crippen molar-refractivity contribution in [1.82, 2.24) is 9.78 Å². The standard InChI is InChI=1S/C5H7N3O2S/c9-8(10)5-3-6-7(4-5)1-2-11/h3-4,11H,1-2H2. The van der Waals surface area contributed by atoms with Gasteiger partial charge in [0, 0.05) is 12.3 Å². The molecule has 0 spiro atoms. The molecular formula is C5H7N3O2S. The maximum Gasteiger partial charge on any atom is 0.306 e. The molecule has 0 aliphatic heterocycles. The molecule has 1 aromatic rings. The van der Waals surface area contributed by atoms with Gasteiger partial charge in [-0.05, 0) is 0 Å². The van der Waals surface area contributed by atoms with E-state index in [1.807, 2.05) is 0 Å². The van der Waals surface area contributed by atoms with Crippen molar-refractivity contribution in [2.45, 2.75) is 6.54 Å². The van der Waals surface area contributed by atoms with Gasteiger partial charge in [-0.2, -0.15) is 17.7 Å². The largest absolute Gasteiger partial charge is 0.306 e. The summed E-state index contributed by atoms with van der Waals surface area (Å²) in [5, 5.41) is 13.9. The van der Waals surface area contributed by atoms with Gasteiger partial charge in [0.15, 0.2) is 0 Å². The minimum absolute atomic E-state index is 0.0202. The summed E-state index contributed by atoms with van der Waals surface area (Å²) in [6.45, 7) is 0.594. The molecule has 0 saturated carbocycles. The Kier molecular flexibility index (Phi) is 2.48. The van der Waals surface area contributed by atoms with Crippen LogP contribution in [-0.4, -0.2) is 20.5 Å². The molecule has 0 N–H and O–H groups in total. The first-order valence-corrected chi connectivity index (χ1v) is 3.65. The molecule has 0 radical (unpaired) electrons. The highest BCUT2D eigenvalue weighted by molar-refractivity contribution is 7.80. The molecule has 0 saturated heterocycles. The third-order valence-electron chi connectivity index (χ3n) is 1.16. The molecule has 0 bridgehead atoms. The zero-order valence-corrected chi connectivity index (χ0v) is 6.57. The molecule has 0 amide bonds. The van der Waals surface area contributed by atoms with Gasteiger partial charge < -0.3 is 0 Å². The maximum atomic E-state index is 10.2. The van der Waals surface area contributed by atoms with Gasteiger partial charge in [-0.3, -0.25) is 14.8 Å². The van der Waals surface area contributed by atoms with Crippen LogP contribution < -0.4 is 0 Å². The molecule has 11 heavy (non-hydrogen) atoms. The minimum Gasteiger partial charge on any atom is -0.265 e. The monoisotopic (exact) mass is 173 g/mol. The lowest BCUT2D eigenvalue weighted by molar-refractivity contribution is -0.385. The summed E-state index contributed by atoms with van der Waals surface area (Å²) >= 11 is 3.96. The Labute approximate surface area is 68.6 Å². The van der Waals surface area contributed by atoms with Crippen LogP contribution in [0.1, 0.15) is 0 Å². The van der Waals surface area contributed by atoms with E-state index in [1.165, 1.54) is 17.1 Å². The average molecular weight is 173 g/mol. The van der Waals surface area contributed by atoms with E-state index < -0.39 is 4.92 Å². The number of hydrogen-bond acceptors (Lipinski definition) is 4. The summed E-state index contributed by atoms with van der Waals surface area (Å²) in [4.78, 5) is 9.68. The highest BCUT2D eigenvalue weighted by Crippen LogP contribution is 2.07. The van der Waals surface area contributed by atoms with Crippen LogP contribution >= 0.6 is 12.6 Å². The van der Waals surface area contributed by atoms with Crippen LogP contribution in [0.4, 0.5) is 5.69 Å². The van der Waals surface area contributed by atoms with Gasteiger partial charge in [0.2, 0.25) is 0 Å². The van der Waals surface area contributed by atoms with E-state index in [0.717, 1.165) is 0 Å². The SMILES string of the molecule is O=[N+]([O-])c1cnn(CCS)c1. The molecule has 0 aromatic carbocycles. The van der Waals surface area contributed by atoms with Crippen molar-refractivity contribution in [3.8, 4) is 0 Å². The molecule has 5 nitrogen and oxygen atoms in total. The third-order valence-corrected chi connectivity index (χ3v) is 1.36. The van der Waals surface area contributed by atoms with Crippen LogP contribution in [0.15, 0.2) is 12.4 Å². The molecule has 0 atom stereocenters. The second-order valence-corrected chi connectivity index (χ2v) is 2.39. The van der Waals surface area contributed by atoms with Gasteiger partial charge in [0.1, 0.15) is 12.4 Å². The summed E-state index contributed by atoms with van der Waals surface area (Å²) in [5.41, 5.74) is 0.0202. The molecule has 1 heterocycles. The topological polar surface area (TPSA) is 61.0 Å². The first-order valence-electron chi connectivity index (χ1n) is 3.01. The highest BCUT2D eigenvalue weighted by atomic mass is 32.1. The summed E-state index contributed by atoms with van der Waals surface area (Å²) in [7, 11) is 0. The third kappa shape index (κ3) is 1.94. The van der Waals surface area contributed by atoms with Crippen molar-refractivity contribution >= 4 is 18.3 Å². The predicted molar refractivity (Wildman–Crippen MR) is 42.7 cm³/mol. The van der Waals surface area contributed by atoms with Crippen LogP contribution in [0.5, 0.6) is 0 Å². The Morgan fingerprint density at radius 3 is 3.00 bits per heavy atom. The number of aromatic nitrogens is 2. The fourth-order valence-electron chi connectivity index (χ4n) is 0.672. The number of thiol groups is 1. The zero-order chi connectivity index (χ0) is 8.27. The molecule has 0 unspecified atom stereocenters. The maximum absolute atomic E-state index is 10.2. The number of hydrogen-bond donors (Lipinski definition) is 1. The zero-order valence-electron chi connectivity index (χ0n) is 5.67. The quantitative estimate of drug-likeness (QED) is 0.416. The van der Waals surface area contributed by atoms with Gasteiger partial charge in [0.05, 0.1) is 4.92 Å². The minimum atomic E-state index is -0.470. The lowest BCUT2D eigenvalue weighted by Gasteiger charge is -1.92. The lowest BCUT2D eigenvalue weighted by atomic mass is 10.6. The van der Waals surface area contributed by atoms with E-state index >= 15 is 0 Å². The van der Waals surface area contributed by atoms with Crippen LogP contribution in [-0.2, 0) is 6.54 Å². The van der Waals surface area contributed by atoms with E-state index in [0.29, 0.717) is 12.3 Å².